The molecule has 0 bridgehead atoms. The van der Waals surface area contributed by atoms with E-state index in [4.69, 9.17) is 46.4 Å². The van der Waals surface area contributed by atoms with Crippen LogP contribution in [0, 0.1) is 0 Å². The molecule has 0 saturated carbocycles. The third-order valence-corrected chi connectivity index (χ3v) is 4.51. The van der Waals surface area contributed by atoms with Crippen LogP contribution in [-0.4, -0.2) is 93.4 Å². The van der Waals surface area contributed by atoms with Crippen molar-refractivity contribution in [2.75, 3.05) is 52.4 Å². The van der Waals surface area contributed by atoms with Gasteiger partial charge in [-0.25, -0.2) is 0 Å². The molecule has 0 aliphatic carbocycles. The molecule has 0 N–H and O–H groups in total. The predicted molar refractivity (Wildman–Crippen MR) is 91.3 cm³/mol. The Morgan fingerprint density at radius 1 is 0.417 bits per heavy atom. The molecule has 0 radical (unpaired) electrons. The summed E-state index contributed by atoms with van der Waals surface area (Å²) >= 11 is 22.1. The monoisotopic (exact) mass is 420 g/mol. The summed E-state index contributed by atoms with van der Waals surface area (Å²) in [6.45, 7) is 0.999. The molecule has 1 aliphatic heterocycles. The van der Waals surface area contributed by atoms with Crippen LogP contribution in [0.2, 0.25) is 0 Å². The lowest BCUT2D eigenvalue weighted by Gasteiger charge is -2.31. The average Bonchev–Trinajstić information content (AvgIpc) is 2.46. The summed E-state index contributed by atoms with van der Waals surface area (Å²) in [4.78, 5) is 50.9. The van der Waals surface area contributed by atoms with Gasteiger partial charge in [-0.2, -0.15) is 0 Å². The molecule has 0 unspecified atom stereocenters. The first-order valence-corrected chi connectivity index (χ1v) is 8.51. The molecule has 1 rings (SSSR count). The minimum Gasteiger partial charge on any atom is -0.326 e. The van der Waals surface area contributed by atoms with Crippen LogP contribution in [0.1, 0.15) is 0 Å². The third-order valence-electron chi connectivity index (χ3n) is 3.55. The van der Waals surface area contributed by atoms with Crippen molar-refractivity contribution in [3.05, 3.63) is 0 Å². The van der Waals surface area contributed by atoms with E-state index in [1.165, 1.54) is 19.6 Å². The first-order valence-electron chi connectivity index (χ1n) is 7.00. The molecule has 1 fully saturated rings. The lowest BCUT2D eigenvalue weighted by molar-refractivity contribution is 0.166. The highest BCUT2D eigenvalue weighted by atomic mass is 35.5. The summed E-state index contributed by atoms with van der Waals surface area (Å²) in [5.74, 6) is 0. The van der Waals surface area contributed by atoms with Crippen molar-refractivity contribution in [2.24, 2.45) is 0 Å². The van der Waals surface area contributed by atoms with Gasteiger partial charge in [0.15, 0.2) is 0 Å². The molecule has 0 aromatic carbocycles. The number of nitrogens with zero attached hydrogens (tertiary/aromatic N) is 4. The van der Waals surface area contributed by atoms with Gasteiger partial charge >= 0.3 is 21.5 Å². The van der Waals surface area contributed by atoms with Crippen molar-refractivity contribution in [3.63, 3.8) is 0 Å². The summed E-state index contributed by atoms with van der Waals surface area (Å²) in [6.07, 6.45) is 0. The van der Waals surface area contributed by atoms with Gasteiger partial charge in [-0.3, -0.25) is 19.2 Å². The maximum absolute atomic E-state index is 11.5. The molecule has 1 saturated heterocycles. The van der Waals surface area contributed by atoms with E-state index >= 15 is 0 Å². The summed E-state index contributed by atoms with van der Waals surface area (Å²) in [6, 6.07) is 0. The van der Waals surface area contributed by atoms with Gasteiger partial charge < -0.3 is 19.6 Å². The Hall–Kier alpha value is -0.960. The lowest BCUT2D eigenvalue weighted by atomic mass is 10.3. The van der Waals surface area contributed by atoms with E-state index in [0.717, 1.165) is 0 Å². The lowest BCUT2D eigenvalue weighted by Crippen LogP contribution is -2.47. The van der Waals surface area contributed by atoms with E-state index in [-0.39, 0.29) is 52.4 Å². The van der Waals surface area contributed by atoms with Gasteiger partial charge in [0.1, 0.15) is 0 Å². The van der Waals surface area contributed by atoms with E-state index in [9.17, 15) is 19.2 Å². The minimum absolute atomic E-state index is 0.125. The number of halogens is 4. The fourth-order valence-corrected chi connectivity index (χ4v) is 2.79. The zero-order valence-electron chi connectivity index (χ0n) is 12.6. The SMILES string of the molecule is O=C(Cl)N1CCN(C(=O)Cl)CCN(C(=O)Cl)CCN(C(=O)Cl)CC1. The van der Waals surface area contributed by atoms with Crippen molar-refractivity contribution < 1.29 is 19.2 Å². The fraction of sp³-hybridized carbons (Fsp3) is 0.667. The average molecular weight is 422 g/mol. The van der Waals surface area contributed by atoms with E-state index in [1.54, 1.807) is 0 Å². The van der Waals surface area contributed by atoms with Crippen LogP contribution in [0.5, 0.6) is 0 Å². The number of rotatable bonds is 0. The Labute approximate surface area is 159 Å². The zero-order chi connectivity index (χ0) is 18.3. The molecule has 0 atom stereocenters. The Morgan fingerprint density at radius 2 is 0.542 bits per heavy atom. The molecule has 0 aromatic rings. The highest BCUT2D eigenvalue weighted by molar-refractivity contribution is 6.64. The molecule has 12 heteroatoms. The smallest absolute Gasteiger partial charge is 0.316 e. The normalized spacial score (nSPS) is 17.8. The number of hydrogen-bond donors (Lipinski definition) is 0. The van der Waals surface area contributed by atoms with Crippen LogP contribution in [0.3, 0.4) is 0 Å². The Bertz CT molecular complexity index is 403. The maximum atomic E-state index is 11.5. The van der Waals surface area contributed by atoms with Crippen molar-refractivity contribution in [1.82, 2.24) is 19.6 Å². The van der Waals surface area contributed by atoms with E-state index in [1.807, 2.05) is 0 Å². The fourth-order valence-electron chi connectivity index (χ4n) is 2.12. The highest BCUT2D eigenvalue weighted by Gasteiger charge is 2.22. The van der Waals surface area contributed by atoms with Crippen molar-refractivity contribution in [3.8, 4) is 0 Å². The number of carbonyl (C=O) groups is 4. The quantitative estimate of drug-likeness (QED) is 0.444. The Balaban J connectivity index is 2.92. The number of hydrogen-bond acceptors (Lipinski definition) is 4. The van der Waals surface area contributed by atoms with Gasteiger partial charge in [0.25, 0.3) is 0 Å². The molecule has 136 valence electrons. The summed E-state index contributed by atoms with van der Waals surface area (Å²) < 4.78 is 0. The number of carbonyl (C=O) groups excluding carboxylic acids is 4. The first-order chi connectivity index (χ1) is 11.2. The third kappa shape index (κ3) is 6.88. The molecular formula is C12H16Cl4N4O4. The molecule has 1 aliphatic rings. The first kappa shape index (κ1) is 21.1. The standard InChI is InChI=1S/C12H16Cl4N4O4/c13-9(21)17-1-2-18(10(14)22)5-6-20(12(16)24)8-7-19(4-3-17)11(15)23/h1-8H2. The van der Waals surface area contributed by atoms with E-state index < -0.39 is 21.5 Å². The largest absolute Gasteiger partial charge is 0.326 e. The maximum Gasteiger partial charge on any atom is 0.316 e. The predicted octanol–water partition coefficient (Wildman–Crippen LogP) is 2.64. The van der Waals surface area contributed by atoms with Crippen LogP contribution < -0.4 is 0 Å². The van der Waals surface area contributed by atoms with Gasteiger partial charge in [-0.05, 0) is 46.4 Å². The molecule has 0 aromatic heterocycles. The van der Waals surface area contributed by atoms with Crippen LogP contribution in [-0.2, 0) is 0 Å². The summed E-state index contributed by atoms with van der Waals surface area (Å²) in [5.41, 5.74) is 0. The van der Waals surface area contributed by atoms with Gasteiger partial charge in [0, 0.05) is 52.4 Å². The molecule has 0 spiro atoms. The second kappa shape index (κ2) is 10.1. The molecule has 1 heterocycles. The van der Waals surface area contributed by atoms with Crippen molar-refractivity contribution >= 4 is 67.9 Å². The Morgan fingerprint density at radius 3 is 0.625 bits per heavy atom. The second-order valence-corrected chi connectivity index (χ2v) is 6.25. The zero-order valence-corrected chi connectivity index (χ0v) is 15.6. The van der Waals surface area contributed by atoms with Crippen LogP contribution in [0.25, 0.3) is 0 Å². The summed E-state index contributed by atoms with van der Waals surface area (Å²) in [7, 11) is 0. The molecule has 4 amide bonds. The highest BCUT2D eigenvalue weighted by Crippen LogP contribution is 2.07. The van der Waals surface area contributed by atoms with Crippen molar-refractivity contribution in [1.29, 1.82) is 0 Å². The van der Waals surface area contributed by atoms with E-state index in [2.05, 4.69) is 0 Å². The van der Waals surface area contributed by atoms with Gasteiger partial charge in [0.2, 0.25) is 0 Å². The molecule has 24 heavy (non-hydrogen) atoms. The topological polar surface area (TPSA) is 81.2 Å². The second-order valence-electron chi connectivity index (χ2n) is 4.96. The Kier molecular flexibility index (Phi) is 8.90. The van der Waals surface area contributed by atoms with Gasteiger partial charge in [-0.15, -0.1) is 0 Å². The van der Waals surface area contributed by atoms with Gasteiger partial charge in [0.05, 0.1) is 0 Å². The van der Waals surface area contributed by atoms with Gasteiger partial charge in [-0.1, -0.05) is 0 Å². The molecule has 8 nitrogen and oxygen atoms in total. The van der Waals surface area contributed by atoms with E-state index in [0.29, 0.717) is 0 Å². The van der Waals surface area contributed by atoms with Crippen LogP contribution in [0.15, 0.2) is 0 Å². The van der Waals surface area contributed by atoms with Crippen LogP contribution >= 0.6 is 46.4 Å². The minimum atomic E-state index is -0.714. The summed E-state index contributed by atoms with van der Waals surface area (Å²) in [5, 5.41) is -2.86. The molecular weight excluding hydrogens is 406 g/mol. The van der Waals surface area contributed by atoms with Crippen molar-refractivity contribution in [2.45, 2.75) is 0 Å². The van der Waals surface area contributed by atoms with Crippen LogP contribution in [0.4, 0.5) is 19.2 Å². The number of amides is 4.